The van der Waals surface area contributed by atoms with Gasteiger partial charge in [0.25, 0.3) is 0 Å². The van der Waals surface area contributed by atoms with E-state index in [1.54, 1.807) is 0 Å². The first kappa shape index (κ1) is 15.3. The molecule has 0 saturated heterocycles. The monoisotopic (exact) mass is 288 g/mol. The Labute approximate surface area is 106 Å². The van der Waals surface area contributed by atoms with Crippen LogP contribution in [-0.2, 0) is 9.53 Å². The van der Waals surface area contributed by atoms with Gasteiger partial charge in [-0.25, -0.2) is 4.79 Å². The van der Waals surface area contributed by atoms with Crippen LogP contribution in [0.5, 0.6) is 0 Å². The van der Waals surface area contributed by atoms with E-state index >= 15 is 0 Å². The quantitative estimate of drug-likeness (QED) is 0.308. The summed E-state index contributed by atoms with van der Waals surface area (Å²) in [7, 11) is 0. The van der Waals surface area contributed by atoms with Gasteiger partial charge in [0.1, 0.15) is 0 Å². The lowest BCUT2D eigenvalue weighted by Gasteiger charge is -2.17. The van der Waals surface area contributed by atoms with Gasteiger partial charge in [0.05, 0.1) is 6.61 Å². The number of hydrogen-bond donors (Lipinski definition) is 0. The standard InChI is InChI=1S/C9H15Cl3O2Si/c1-3-8(7-15(10,11)12)5-6-14-9(13)4-2/h4,8H,2-3,5-7H2,1H3. The molecule has 0 saturated carbocycles. The van der Waals surface area contributed by atoms with Crippen LogP contribution in [0.15, 0.2) is 12.7 Å². The second-order valence-electron chi connectivity index (χ2n) is 3.25. The summed E-state index contributed by atoms with van der Waals surface area (Å²) in [6.45, 7) is 5.70. The Hall–Kier alpha value is 0.297. The first-order valence-corrected chi connectivity index (χ1v) is 9.99. The van der Waals surface area contributed by atoms with Crippen LogP contribution < -0.4 is 0 Å². The van der Waals surface area contributed by atoms with Gasteiger partial charge in [0.2, 0.25) is 0 Å². The summed E-state index contributed by atoms with van der Waals surface area (Å²) in [5, 5.41) is 0. The average molecular weight is 290 g/mol. The predicted octanol–water partition coefficient (Wildman–Crippen LogP) is 3.79. The molecule has 0 radical (unpaired) electrons. The van der Waals surface area contributed by atoms with Crippen molar-refractivity contribution in [2.24, 2.45) is 5.92 Å². The minimum atomic E-state index is -2.57. The number of carbonyl (C=O) groups is 1. The van der Waals surface area contributed by atoms with Gasteiger partial charge in [-0.3, -0.25) is 0 Å². The molecule has 0 aromatic carbocycles. The van der Waals surface area contributed by atoms with E-state index in [4.69, 9.17) is 38.0 Å². The maximum Gasteiger partial charge on any atom is 0.341 e. The van der Waals surface area contributed by atoms with E-state index in [2.05, 4.69) is 6.58 Å². The van der Waals surface area contributed by atoms with Crippen molar-refractivity contribution in [1.82, 2.24) is 0 Å². The van der Waals surface area contributed by atoms with Gasteiger partial charge in [-0.1, -0.05) is 19.9 Å². The van der Waals surface area contributed by atoms with E-state index in [9.17, 15) is 4.79 Å². The van der Waals surface area contributed by atoms with E-state index in [-0.39, 0.29) is 0 Å². The minimum absolute atomic E-state index is 0.307. The molecule has 0 aliphatic carbocycles. The highest BCUT2D eigenvalue weighted by atomic mass is 35.8. The van der Waals surface area contributed by atoms with Crippen molar-refractivity contribution in [3.8, 4) is 0 Å². The van der Waals surface area contributed by atoms with Crippen molar-refractivity contribution in [3.63, 3.8) is 0 Å². The molecule has 15 heavy (non-hydrogen) atoms. The molecule has 88 valence electrons. The molecule has 0 bridgehead atoms. The topological polar surface area (TPSA) is 26.3 Å². The molecule has 2 nitrogen and oxygen atoms in total. The number of hydrogen-bond acceptors (Lipinski definition) is 2. The SMILES string of the molecule is C=CC(=O)OCCC(CC)C[Si](Cl)(Cl)Cl. The number of ether oxygens (including phenoxy) is 1. The summed E-state index contributed by atoms with van der Waals surface area (Å²) in [5.74, 6) is -0.0993. The van der Waals surface area contributed by atoms with E-state index in [1.165, 1.54) is 0 Å². The molecule has 0 fully saturated rings. The van der Waals surface area contributed by atoms with Crippen LogP contribution in [-0.4, -0.2) is 18.6 Å². The molecule has 0 spiro atoms. The third-order valence-corrected chi connectivity index (χ3v) is 4.46. The van der Waals surface area contributed by atoms with Crippen LogP contribution in [0.25, 0.3) is 0 Å². The van der Waals surface area contributed by atoms with Crippen molar-refractivity contribution in [3.05, 3.63) is 12.7 Å². The summed E-state index contributed by atoms with van der Waals surface area (Å²) < 4.78 is 4.87. The van der Waals surface area contributed by atoms with Gasteiger partial charge >= 0.3 is 12.0 Å². The Morgan fingerprint density at radius 3 is 2.53 bits per heavy atom. The lowest BCUT2D eigenvalue weighted by Crippen LogP contribution is -2.17. The normalized spacial score (nSPS) is 13.3. The molecule has 0 aromatic rings. The Morgan fingerprint density at radius 1 is 1.53 bits per heavy atom. The summed E-state index contributed by atoms with van der Waals surface area (Å²) in [5.41, 5.74) is 0. The highest BCUT2D eigenvalue weighted by Crippen LogP contribution is 2.31. The van der Waals surface area contributed by atoms with Gasteiger partial charge < -0.3 is 4.74 Å². The van der Waals surface area contributed by atoms with E-state index in [0.29, 0.717) is 18.6 Å². The Kier molecular flexibility index (Phi) is 7.70. The van der Waals surface area contributed by atoms with Crippen LogP contribution >= 0.6 is 33.2 Å². The fourth-order valence-corrected chi connectivity index (χ4v) is 4.27. The number of halogens is 3. The molecule has 0 aliphatic rings. The fourth-order valence-electron chi connectivity index (χ4n) is 1.16. The zero-order valence-corrected chi connectivity index (χ0v) is 11.9. The van der Waals surface area contributed by atoms with E-state index in [1.807, 2.05) is 6.92 Å². The van der Waals surface area contributed by atoms with Gasteiger partial charge in [0, 0.05) is 6.08 Å². The smallest absolute Gasteiger partial charge is 0.341 e. The van der Waals surface area contributed by atoms with E-state index < -0.39 is 12.0 Å². The van der Waals surface area contributed by atoms with Crippen molar-refractivity contribution in [2.45, 2.75) is 25.8 Å². The molecule has 1 unspecified atom stereocenters. The van der Waals surface area contributed by atoms with Crippen molar-refractivity contribution in [1.29, 1.82) is 0 Å². The zero-order chi connectivity index (χ0) is 11.9. The molecular formula is C9H15Cl3O2Si. The summed E-state index contributed by atoms with van der Waals surface area (Å²) in [6, 6.07) is -1.96. The third-order valence-electron chi connectivity index (χ3n) is 2.03. The lowest BCUT2D eigenvalue weighted by molar-refractivity contribution is -0.138. The highest BCUT2D eigenvalue weighted by molar-refractivity contribution is 7.64. The largest absolute Gasteiger partial charge is 0.463 e. The highest BCUT2D eigenvalue weighted by Gasteiger charge is 2.28. The number of esters is 1. The van der Waals surface area contributed by atoms with Crippen molar-refractivity contribution < 1.29 is 9.53 Å². The maximum absolute atomic E-state index is 10.8. The first-order chi connectivity index (χ1) is 6.89. The number of rotatable bonds is 7. The molecule has 0 rings (SSSR count). The zero-order valence-electron chi connectivity index (χ0n) is 8.64. The van der Waals surface area contributed by atoms with Gasteiger partial charge in [-0.15, -0.1) is 33.2 Å². The summed E-state index contributed by atoms with van der Waals surface area (Å²) >= 11 is 17.5. The lowest BCUT2D eigenvalue weighted by atomic mass is 10.1. The van der Waals surface area contributed by atoms with E-state index in [0.717, 1.165) is 18.9 Å². The van der Waals surface area contributed by atoms with Crippen LogP contribution in [0.3, 0.4) is 0 Å². The summed E-state index contributed by atoms with van der Waals surface area (Å²) in [6.07, 6.45) is 2.80. The van der Waals surface area contributed by atoms with Crippen LogP contribution in [0.1, 0.15) is 19.8 Å². The molecule has 0 amide bonds. The van der Waals surface area contributed by atoms with Crippen LogP contribution in [0, 0.1) is 5.92 Å². The summed E-state index contributed by atoms with van der Waals surface area (Å²) in [4.78, 5) is 10.8. The Bertz CT molecular complexity index is 216. The van der Waals surface area contributed by atoms with Gasteiger partial charge in [-0.05, 0) is 18.4 Å². The van der Waals surface area contributed by atoms with Crippen LogP contribution in [0.2, 0.25) is 6.04 Å². The van der Waals surface area contributed by atoms with Crippen molar-refractivity contribution >= 4 is 45.2 Å². The Morgan fingerprint density at radius 2 is 2.13 bits per heavy atom. The fraction of sp³-hybridized carbons (Fsp3) is 0.667. The van der Waals surface area contributed by atoms with Crippen LogP contribution in [0.4, 0.5) is 0 Å². The minimum Gasteiger partial charge on any atom is -0.463 e. The molecule has 0 N–H and O–H groups in total. The molecule has 1 atom stereocenters. The second kappa shape index (κ2) is 7.55. The molecule has 6 heteroatoms. The maximum atomic E-state index is 10.8. The average Bonchev–Trinajstić information content (AvgIpc) is 2.14. The molecule has 0 heterocycles. The van der Waals surface area contributed by atoms with Gasteiger partial charge in [0.15, 0.2) is 0 Å². The molecule has 0 aromatic heterocycles. The van der Waals surface area contributed by atoms with Crippen molar-refractivity contribution in [2.75, 3.05) is 6.61 Å². The predicted molar refractivity (Wildman–Crippen MR) is 67.7 cm³/mol. The Balaban J connectivity index is 3.81. The number of carbonyl (C=O) groups excluding carboxylic acids is 1. The molecule has 0 aliphatic heterocycles. The second-order valence-corrected chi connectivity index (χ2v) is 12.4. The first-order valence-electron chi connectivity index (χ1n) is 4.75. The third kappa shape index (κ3) is 9.24. The van der Waals surface area contributed by atoms with Gasteiger partial charge in [-0.2, -0.15) is 0 Å². The molecular weight excluding hydrogens is 275 g/mol.